The number of para-hydroxylation sites is 1. The lowest BCUT2D eigenvalue weighted by Gasteiger charge is -2.27. The number of carbonyl (C=O) groups is 2. The molecule has 2 aromatic rings. The van der Waals surface area contributed by atoms with Crippen LogP contribution >= 0.6 is 0 Å². The Hall–Kier alpha value is -2.86. The Labute approximate surface area is 197 Å². The quantitative estimate of drug-likeness (QED) is 0.544. The summed E-state index contributed by atoms with van der Waals surface area (Å²) in [5.41, 5.74) is 4.66. The highest BCUT2D eigenvalue weighted by molar-refractivity contribution is 6.04. The summed E-state index contributed by atoms with van der Waals surface area (Å²) in [6, 6.07) is 14.2. The molecule has 6 nitrogen and oxygen atoms in total. The Balaban J connectivity index is 1.37. The van der Waals surface area contributed by atoms with Crippen molar-refractivity contribution in [1.82, 2.24) is 10.2 Å². The second-order valence-electron chi connectivity index (χ2n) is 9.74. The minimum absolute atomic E-state index is 0.119. The number of fused-ring (bicyclic) bond motifs is 1. The molecule has 0 bridgehead atoms. The van der Waals surface area contributed by atoms with Crippen molar-refractivity contribution in [3.05, 3.63) is 59.2 Å². The zero-order valence-corrected chi connectivity index (χ0v) is 20.0. The molecule has 176 valence electrons. The van der Waals surface area contributed by atoms with Gasteiger partial charge in [0.15, 0.2) is 0 Å². The van der Waals surface area contributed by atoms with Gasteiger partial charge in [0.2, 0.25) is 5.91 Å². The summed E-state index contributed by atoms with van der Waals surface area (Å²) in [4.78, 5) is 28.0. The standard InChI is InChI=1S/C27H36N4O2/c1-18(2)19(3)31-16-20-9-8-14-24(23(20)17-31)28-15-26(32)30-25-13-7-6-12-22(25)27(33)29-21-10-4-5-11-21/h6-9,12-14,18-19,21,28H,4-5,10-11,15-17H2,1-3H3,(H,29,33)(H,30,32). The van der Waals surface area contributed by atoms with E-state index in [4.69, 9.17) is 0 Å². The molecule has 1 aliphatic heterocycles. The predicted molar refractivity (Wildman–Crippen MR) is 133 cm³/mol. The number of nitrogens with one attached hydrogen (secondary N) is 3. The van der Waals surface area contributed by atoms with Crippen molar-refractivity contribution in [2.45, 2.75) is 71.6 Å². The third-order valence-corrected chi connectivity index (χ3v) is 7.12. The van der Waals surface area contributed by atoms with Crippen LogP contribution in [0.25, 0.3) is 0 Å². The maximum atomic E-state index is 12.8. The van der Waals surface area contributed by atoms with E-state index in [1.807, 2.05) is 24.3 Å². The molecule has 1 heterocycles. The molecule has 33 heavy (non-hydrogen) atoms. The van der Waals surface area contributed by atoms with Gasteiger partial charge >= 0.3 is 0 Å². The Kier molecular flexibility index (Phi) is 7.33. The molecule has 1 unspecified atom stereocenters. The van der Waals surface area contributed by atoms with Crippen LogP contribution < -0.4 is 16.0 Å². The molecule has 1 aliphatic carbocycles. The first-order valence-corrected chi connectivity index (χ1v) is 12.2. The second kappa shape index (κ2) is 10.4. The van der Waals surface area contributed by atoms with Crippen LogP contribution in [-0.4, -0.2) is 35.3 Å². The van der Waals surface area contributed by atoms with E-state index in [0.29, 0.717) is 23.2 Å². The molecule has 0 saturated heterocycles. The maximum absolute atomic E-state index is 12.8. The number of benzene rings is 2. The highest BCUT2D eigenvalue weighted by Gasteiger charge is 2.27. The van der Waals surface area contributed by atoms with Gasteiger partial charge in [-0.25, -0.2) is 0 Å². The van der Waals surface area contributed by atoms with Crippen molar-refractivity contribution >= 4 is 23.2 Å². The van der Waals surface area contributed by atoms with Gasteiger partial charge < -0.3 is 16.0 Å². The molecule has 0 spiro atoms. The minimum atomic E-state index is -0.167. The number of hydrogen-bond donors (Lipinski definition) is 3. The predicted octanol–water partition coefficient (Wildman–Crippen LogP) is 4.77. The third-order valence-electron chi connectivity index (χ3n) is 7.12. The average molecular weight is 449 g/mol. The number of carbonyl (C=O) groups excluding carboxylic acids is 2. The number of amides is 2. The summed E-state index contributed by atoms with van der Waals surface area (Å²) >= 11 is 0. The van der Waals surface area contributed by atoms with Gasteiger partial charge in [0.1, 0.15) is 0 Å². The molecule has 0 radical (unpaired) electrons. The van der Waals surface area contributed by atoms with Crippen LogP contribution in [0, 0.1) is 5.92 Å². The maximum Gasteiger partial charge on any atom is 0.253 e. The van der Waals surface area contributed by atoms with E-state index in [1.54, 1.807) is 12.1 Å². The average Bonchev–Trinajstić information content (AvgIpc) is 3.47. The van der Waals surface area contributed by atoms with E-state index in [2.05, 4.69) is 47.7 Å². The van der Waals surface area contributed by atoms with E-state index in [1.165, 1.54) is 11.1 Å². The van der Waals surface area contributed by atoms with E-state index in [9.17, 15) is 9.59 Å². The zero-order chi connectivity index (χ0) is 23.4. The molecule has 2 aliphatic rings. The summed E-state index contributed by atoms with van der Waals surface area (Å²) < 4.78 is 0. The first-order valence-electron chi connectivity index (χ1n) is 12.2. The molecular weight excluding hydrogens is 412 g/mol. The molecule has 1 saturated carbocycles. The number of rotatable bonds is 8. The fourth-order valence-electron chi connectivity index (χ4n) is 4.82. The molecule has 1 atom stereocenters. The minimum Gasteiger partial charge on any atom is -0.376 e. The molecule has 4 rings (SSSR count). The van der Waals surface area contributed by atoms with Crippen molar-refractivity contribution in [2.75, 3.05) is 17.2 Å². The van der Waals surface area contributed by atoms with E-state index >= 15 is 0 Å². The molecule has 3 N–H and O–H groups in total. The fraction of sp³-hybridized carbons (Fsp3) is 0.481. The van der Waals surface area contributed by atoms with Crippen molar-refractivity contribution in [1.29, 1.82) is 0 Å². The molecule has 2 aromatic carbocycles. The number of hydrogen-bond acceptors (Lipinski definition) is 4. The zero-order valence-electron chi connectivity index (χ0n) is 20.0. The van der Waals surface area contributed by atoms with Crippen molar-refractivity contribution in [3.8, 4) is 0 Å². The van der Waals surface area contributed by atoms with E-state index in [-0.39, 0.29) is 24.4 Å². The molecule has 0 aromatic heterocycles. The van der Waals surface area contributed by atoms with Crippen LogP contribution in [-0.2, 0) is 17.9 Å². The lowest BCUT2D eigenvalue weighted by molar-refractivity contribution is -0.114. The number of anilines is 2. The molecule has 6 heteroatoms. The van der Waals surface area contributed by atoms with Gasteiger partial charge in [-0.3, -0.25) is 14.5 Å². The lowest BCUT2D eigenvalue weighted by Crippen LogP contribution is -2.33. The third kappa shape index (κ3) is 5.56. The molecular formula is C27H36N4O2. The van der Waals surface area contributed by atoms with Crippen LogP contribution in [0.2, 0.25) is 0 Å². The monoisotopic (exact) mass is 448 g/mol. The van der Waals surface area contributed by atoms with Crippen LogP contribution in [0.15, 0.2) is 42.5 Å². The summed E-state index contributed by atoms with van der Waals surface area (Å²) in [5.74, 6) is 0.303. The van der Waals surface area contributed by atoms with Gasteiger partial charge in [0, 0.05) is 30.9 Å². The van der Waals surface area contributed by atoms with Crippen molar-refractivity contribution in [2.24, 2.45) is 5.92 Å². The highest BCUT2D eigenvalue weighted by Crippen LogP contribution is 2.32. The van der Waals surface area contributed by atoms with Crippen molar-refractivity contribution in [3.63, 3.8) is 0 Å². The van der Waals surface area contributed by atoms with Gasteiger partial charge in [0.25, 0.3) is 5.91 Å². The SMILES string of the molecule is CC(C)C(C)N1Cc2cccc(NCC(=O)Nc3ccccc3C(=O)NC3CCCC3)c2C1. The van der Waals surface area contributed by atoms with Gasteiger partial charge in [0.05, 0.1) is 17.8 Å². The van der Waals surface area contributed by atoms with Gasteiger partial charge in [-0.2, -0.15) is 0 Å². The Morgan fingerprint density at radius 2 is 1.70 bits per heavy atom. The smallest absolute Gasteiger partial charge is 0.253 e. The largest absolute Gasteiger partial charge is 0.376 e. The summed E-state index contributed by atoms with van der Waals surface area (Å²) in [6.07, 6.45) is 4.37. The summed E-state index contributed by atoms with van der Waals surface area (Å²) in [6.45, 7) is 8.77. The van der Waals surface area contributed by atoms with Crippen molar-refractivity contribution < 1.29 is 9.59 Å². The normalized spacial score (nSPS) is 17.1. The lowest BCUT2D eigenvalue weighted by atomic mass is 10.1. The van der Waals surface area contributed by atoms with Crippen LogP contribution in [0.3, 0.4) is 0 Å². The van der Waals surface area contributed by atoms with E-state index in [0.717, 1.165) is 44.5 Å². The van der Waals surface area contributed by atoms with Crippen LogP contribution in [0.4, 0.5) is 11.4 Å². The highest BCUT2D eigenvalue weighted by atomic mass is 16.2. The van der Waals surface area contributed by atoms with Gasteiger partial charge in [-0.15, -0.1) is 0 Å². The Morgan fingerprint density at radius 1 is 0.970 bits per heavy atom. The first-order chi connectivity index (χ1) is 15.9. The van der Waals surface area contributed by atoms with Gasteiger partial charge in [-0.05, 0) is 55.0 Å². The summed E-state index contributed by atoms with van der Waals surface area (Å²) in [7, 11) is 0. The molecule has 1 fully saturated rings. The molecule has 2 amide bonds. The fourth-order valence-corrected chi connectivity index (χ4v) is 4.82. The second-order valence-corrected chi connectivity index (χ2v) is 9.74. The topological polar surface area (TPSA) is 73.5 Å². The van der Waals surface area contributed by atoms with Gasteiger partial charge in [-0.1, -0.05) is 51.0 Å². The first kappa shape index (κ1) is 23.3. The Morgan fingerprint density at radius 3 is 2.45 bits per heavy atom. The summed E-state index contributed by atoms with van der Waals surface area (Å²) in [5, 5.41) is 9.35. The Bertz CT molecular complexity index is 997. The van der Waals surface area contributed by atoms with Crippen LogP contribution in [0.5, 0.6) is 0 Å². The van der Waals surface area contributed by atoms with E-state index < -0.39 is 0 Å². The number of nitrogens with zero attached hydrogens (tertiary/aromatic N) is 1. The van der Waals surface area contributed by atoms with Crippen LogP contribution in [0.1, 0.15) is 67.9 Å².